The van der Waals surface area contributed by atoms with Crippen LogP contribution in [0.25, 0.3) is 0 Å². The number of rotatable bonds is 20. The maximum Gasteiger partial charge on any atom is 0.321 e. The van der Waals surface area contributed by atoms with Crippen molar-refractivity contribution in [2.45, 2.75) is 115 Å². The molecule has 4 aromatic rings. The molecule has 0 aliphatic carbocycles. The van der Waals surface area contributed by atoms with Gasteiger partial charge in [0.1, 0.15) is 25.8 Å². The van der Waals surface area contributed by atoms with Crippen LogP contribution >= 0.6 is 0 Å². The molecule has 0 aromatic heterocycles. The fourth-order valence-electron chi connectivity index (χ4n) is 7.33. The Morgan fingerprint density at radius 2 is 0.893 bits per heavy atom. The minimum Gasteiger partial charge on any atom is -0.356 e. The summed E-state index contributed by atoms with van der Waals surface area (Å²) in [6.07, 6.45) is 0.107. The average molecular weight is 795 g/mol. The molecule has 7 nitrogen and oxygen atoms in total. The second-order valence-electron chi connectivity index (χ2n) is 18.0. The molecule has 0 saturated carbocycles. The SMILES string of the molecule is Cc1cccc(CN2C(=O)N(Cc3cccc(C)c3)[C@H](Cc3ccccc3)[C@H](OCOCC[Si](C)(C)C)[C@@H](OCOCC[Si](C)(C)C)[C@H]2Cc2ccccc2)c1. The molecule has 1 saturated heterocycles. The van der Waals surface area contributed by atoms with Crippen LogP contribution in [0, 0.1) is 13.8 Å². The van der Waals surface area contributed by atoms with Crippen LogP contribution in [0.4, 0.5) is 4.79 Å². The number of amides is 2. The first-order valence-corrected chi connectivity index (χ1v) is 27.8. The number of aryl methyl sites for hydroxylation is 2. The van der Waals surface area contributed by atoms with E-state index in [0.717, 1.165) is 45.5 Å². The van der Waals surface area contributed by atoms with Crippen LogP contribution in [0.2, 0.25) is 51.4 Å². The van der Waals surface area contributed by atoms with Crippen molar-refractivity contribution in [2.24, 2.45) is 0 Å². The summed E-state index contributed by atoms with van der Waals surface area (Å²) >= 11 is 0. The van der Waals surface area contributed by atoms with Gasteiger partial charge in [0.15, 0.2) is 0 Å². The third-order valence-electron chi connectivity index (χ3n) is 10.5. The number of nitrogens with zero attached hydrogens (tertiary/aromatic N) is 2. The largest absolute Gasteiger partial charge is 0.356 e. The molecule has 1 heterocycles. The van der Waals surface area contributed by atoms with E-state index in [9.17, 15) is 0 Å². The first kappa shape index (κ1) is 43.5. The van der Waals surface area contributed by atoms with Gasteiger partial charge in [0, 0.05) is 42.5 Å². The van der Waals surface area contributed by atoms with Crippen molar-refractivity contribution in [2.75, 3.05) is 26.8 Å². The van der Waals surface area contributed by atoms with Crippen molar-refractivity contribution in [3.8, 4) is 0 Å². The Morgan fingerprint density at radius 1 is 0.518 bits per heavy atom. The highest BCUT2D eigenvalue weighted by atomic mass is 28.3. The Labute approximate surface area is 339 Å². The van der Waals surface area contributed by atoms with Crippen LogP contribution in [-0.2, 0) is 44.9 Å². The predicted octanol–water partition coefficient (Wildman–Crippen LogP) is 10.4. The van der Waals surface area contributed by atoms with Gasteiger partial charge in [-0.1, -0.05) is 160 Å². The number of benzene rings is 4. The van der Waals surface area contributed by atoms with E-state index in [2.05, 4.69) is 160 Å². The lowest BCUT2D eigenvalue weighted by Gasteiger charge is -2.38. The molecule has 1 aliphatic rings. The summed E-state index contributed by atoms with van der Waals surface area (Å²) in [5, 5.41) is 0. The number of hydrogen-bond acceptors (Lipinski definition) is 5. The highest BCUT2D eigenvalue weighted by molar-refractivity contribution is 6.76. The minimum absolute atomic E-state index is 0.0334. The lowest BCUT2D eigenvalue weighted by molar-refractivity contribution is -0.188. The van der Waals surface area contributed by atoms with Crippen molar-refractivity contribution >= 4 is 22.2 Å². The predicted molar refractivity (Wildman–Crippen MR) is 234 cm³/mol. The Morgan fingerprint density at radius 3 is 1.25 bits per heavy atom. The molecule has 4 atom stereocenters. The zero-order chi connectivity index (χ0) is 40.1. The average Bonchev–Trinajstić information content (AvgIpc) is 3.21. The lowest BCUT2D eigenvalue weighted by atomic mass is 9.90. The van der Waals surface area contributed by atoms with Gasteiger partial charge in [0.2, 0.25) is 0 Å². The van der Waals surface area contributed by atoms with Crippen LogP contribution in [0.1, 0.15) is 33.4 Å². The lowest BCUT2D eigenvalue weighted by Crippen LogP contribution is -2.53. The molecule has 4 aromatic carbocycles. The summed E-state index contributed by atoms with van der Waals surface area (Å²) in [4.78, 5) is 19.8. The van der Waals surface area contributed by atoms with Crippen molar-refractivity contribution < 1.29 is 23.7 Å². The quantitative estimate of drug-likeness (QED) is 0.0507. The summed E-state index contributed by atoms with van der Waals surface area (Å²) in [7, 11) is -2.65. The van der Waals surface area contributed by atoms with Crippen molar-refractivity contribution in [3.63, 3.8) is 0 Å². The molecule has 0 unspecified atom stereocenters. The van der Waals surface area contributed by atoms with Crippen LogP contribution < -0.4 is 0 Å². The fraction of sp³-hybridized carbons (Fsp3) is 0.468. The van der Waals surface area contributed by atoms with Gasteiger partial charge in [-0.25, -0.2) is 4.79 Å². The van der Waals surface area contributed by atoms with E-state index < -0.39 is 28.4 Å². The second-order valence-corrected chi connectivity index (χ2v) is 29.2. The molecule has 1 aliphatic heterocycles. The van der Waals surface area contributed by atoms with E-state index in [0.29, 0.717) is 39.1 Å². The molecular weight excluding hydrogens is 729 g/mol. The molecule has 1 fully saturated rings. The number of urea groups is 1. The van der Waals surface area contributed by atoms with Gasteiger partial charge >= 0.3 is 6.03 Å². The number of carbonyl (C=O) groups excluding carboxylic acids is 1. The summed E-state index contributed by atoms with van der Waals surface area (Å²) < 4.78 is 26.6. The molecule has 0 bridgehead atoms. The normalized spacial score (nSPS) is 19.3. The molecule has 0 radical (unpaired) electrons. The minimum atomic E-state index is -1.32. The van der Waals surface area contributed by atoms with Gasteiger partial charge in [0.05, 0.1) is 12.1 Å². The number of carbonyl (C=O) groups is 1. The van der Waals surface area contributed by atoms with Gasteiger partial charge in [-0.05, 0) is 61.0 Å². The smallest absolute Gasteiger partial charge is 0.321 e. The summed E-state index contributed by atoms with van der Waals surface area (Å²) in [5.41, 5.74) is 6.72. The Kier molecular flexibility index (Phi) is 16.1. The zero-order valence-electron chi connectivity index (χ0n) is 35.2. The molecular formula is C47H66N2O5Si2. The van der Waals surface area contributed by atoms with E-state index in [-0.39, 0.29) is 31.7 Å². The molecule has 0 N–H and O–H groups in total. The zero-order valence-corrected chi connectivity index (χ0v) is 37.2. The van der Waals surface area contributed by atoms with Crippen LogP contribution in [-0.4, -0.2) is 83.1 Å². The molecule has 9 heteroatoms. The Hall–Kier alpha value is -3.58. The summed E-state index contributed by atoms with van der Waals surface area (Å²) in [6, 6.07) is 39.2. The van der Waals surface area contributed by atoms with Gasteiger partial charge in [-0.2, -0.15) is 0 Å². The molecule has 2 amide bonds. The van der Waals surface area contributed by atoms with E-state index in [4.69, 9.17) is 18.9 Å². The van der Waals surface area contributed by atoms with Gasteiger partial charge in [-0.15, -0.1) is 0 Å². The first-order chi connectivity index (χ1) is 26.8. The number of ether oxygens (including phenoxy) is 4. The Bertz CT molecular complexity index is 1650. The number of hydrogen-bond donors (Lipinski definition) is 0. The second kappa shape index (κ2) is 20.7. The third kappa shape index (κ3) is 13.8. The molecule has 302 valence electrons. The Balaban J connectivity index is 1.65. The van der Waals surface area contributed by atoms with Crippen LogP contribution in [0.15, 0.2) is 109 Å². The molecule has 56 heavy (non-hydrogen) atoms. The van der Waals surface area contributed by atoms with Crippen LogP contribution in [0.3, 0.4) is 0 Å². The standard InChI is InChI=1S/C47H66N2O5Si2/c1-37-17-15-23-41(29-37)33-48-43(31-39-19-11-9-12-20-39)45(53-35-51-25-27-55(3,4)5)46(54-36-52-26-28-56(6,7)8)44(32-40-21-13-10-14-22-40)49(47(48)50)34-42-24-16-18-38(2)30-42/h9-24,29-30,43-46H,25-28,31-36H2,1-8H3/t43-,44-,45+,46+/m1/s1. The molecule has 5 rings (SSSR count). The third-order valence-corrected chi connectivity index (χ3v) is 13.9. The maximum atomic E-state index is 15.7. The highest BCUT2D eigenvalue weighted by Gasteiger charge is 2.49. The van der Waals surface area contributed by atoms with E-state index >= 15 is 4.79 Å². The van der Waals surface area contributed by atoms with Gasteiger partial charge < -0.3 is 28.7 Å². The summed E-state index contributed by atoms with van der Waals surface area (Å²) in [5.74, 6) is 0. The maximum absolute atomic E-state index is 15.7. The highest BCUT2D eigenvalue weighted by Crippen LogP contribution is 2.33. The topological polar surface area (TPSA) is 60.5 Å². The van der Waals surface area contributed by atoms with Gasteiger partial charge in [0.25, 0.3) is 0 Å². The van der Waals surface area contributed by atoms with E-state index in [1.54, 1.807) is 0 Å². The first-order valence-electron chi connectivity index (χ1n) is 20.4. The van der Waals surface area contributed by atoms with Crippen LogP contribution in [0.5, 0.6) is 0 Å². The van der Waals surface area contributed by atoms with E-state index in [1.165, 1.54) is 0 Å². The van der Waals surface area contributed by atoms with Crippen molar-refractivity contribution in [1.82, 2.24) is 9.80 Å². The van der Waals surface area contributed by atoms with Crippen molar-refractivity contribution in [3.05, 3.63) is 143 Å². The molecule has 0 spiro atoms. The van der Waals surface area contributed by atoms with Crippen molar-refractivity contribution in [1.29, 1.82) is 0 Å². The fourth-order valence-corrected chi connectivity index (χ4v) is 8.84. The van der Waals surface area contributed by atoms with Gasteiger partial charge in [-0.3, -0.25) is 0 Å². The van der Waals surface area contributed by atoms with E-state index in [1.807, 2.05) is 12.1 Å². The monoisotopic (exact) mass is 794 g/mol. The summed E-state index contributed by atoms with van der Waals surface area (Å²) in [6.45, 7) is 20.7.